The molecular formula is C20H23N7O4S2. The predicted octanol–water partition coefficient (Wildman–Crippen LogP) is 3.53. The van der Waals surface area contributed by atoms with Gasteiger partial charge in [-0.05, 0) is 42.1 Å². The normalized spacial score (nSPS) is 11.2. The Balaban J connectivity index is 1.44. The first-order valence-corrected chi connectivity index (χ1v) is 11.8. The first-order chi connectivity index (χ1) is 16.2. The number of carbonyl (C=O) groups is 1. The maximum atomic E-state index is 11.9. The summed E-state index contributed by atoms with van der Waals surface area (Å²) in [5, 5.41) is 20.0. The standard InChI is InChI=1S/C20H23N7O4S2/c1-29-9-3-10-31-20(28)23-18-22-14-5-4-13(12-15(14)33-18)32-19-25-24-17-7-6-16(26-27(17)19)21-8-11-30-2/h4-7,12H,3,8-11H2,1-2H3,(H,21,26)(H,22,23,28). The smallest absolute Gasteiger partial charge is 0.413 e. The molecule has 0 aliphatic heterocycles. The van der Waals surface area contributed by atoms with E-state index < -0.39 is 6.09 Å². The summed E-state index contributed by atoms with van der Waals surface area (Å²) in [7, 11) is 3.26. The number of benzene rings is 1. The summed E-state index contributed by atoms with van der Waals surface area (Å²) >= 11 is 2.82. The predicted molar refractivity (Wildman–Crippen MR) is 126 cm³/mol. The molecule has 0 aliphatic rings. The summed E-state index contributed by atoms with van der Waals surface area (Å²) in [6.45, 7) is 2.06. The molecule has 11 nitrogen and oxygen atoms in total. The van der Waals surface area contributed by atoms with Crippen molar-refractivity contribution in [3.05, 3.63) is 30.3 Å². The van der Waals surface area contributed by atoms with Gasteiger partial charge in [0, 0.05) is 38.7 Å². The largest absolute Gasteiger partial charge is 0.449 e. The van der Waals surface area contributed by atoms with E-state index in [2.05, 4.69) is 30.9 Å². The molecule has 0 radical (unpaired) electrons. The first-order valence-electron chi connectivity index (χ1n) is 10.1. The molecular weight excluding hydrogens is 466 g/mol. The van der Waals surface area contributed by atoms with Crippen LogP contribution in [0.2, 0.25) is 0 Å². The van der Waals surface area contributed by atoms with Crippen LogP contribution >= 0.6 is 23.1 Å². The Hall–Kier alpha value is -3.00. The number of aromatic nitrogens is 5. The molecule has 0 bridgehead atoms. The second-order valence-electron chi connectivity index (χ2n) is 6.75. The average molecular weight is 490 g/mol. The zero-order chi connectivity index (χ0) is 23.0. The molecule has 0 atom stereocenters. The van der Waals surface area contributed by atoms with Gasteiger partial charge in [-0.15, -0.1) is 15.3 Å². The van der Waals surface area contributed by atoms with Crippen LogP contribution < -0.4 is 10.6 Å². The fourth-order valence-electron chi connectivity index (χ4n) is 2.83. The van der Waals surface area contributed by atoms with Crippen LogP contribution in [0, 0.1) is 0 Å². The number of hydrogen-bond donors (Lipinski definition) is 2. The minimum absolute atomic E-state index is 0.287. The lowest BCUT2D eigenvalue weighted by Gasteiger charge is -2.05. The van der Waals surface area contributed by atoms with Crippen molar-refractivity contribution in [2.45, 2.75) is 16.5 Å². The molecule has 33 heavy (non-hydrogen) atoms. The first kappa shape index (κ1) is 23.2. The molecule has 1 aromatic carbocycles. The Morgan fingerprint density at radius 2 is 2.00 bits per heavy atom. The molecule has 0 saturated carbocycles. The van der Waals surface area contributed by atoms with Gasteiger partial charge in [-0.1, -0.05) is 11.3 Å². The molecule has 0 saturated heterocycles. The van der Waals surface area contributed by atoms with Crippen LogP contribution in [-0.4, -0.2) is 71.5 Å². The number of amides is 1. The number of rotatable bonds is 11. The molecule has 2 N–H and O–H groups in total. The van der Waals surface area contributed by atoms with Crippen molar-refractivity contribution in [1.82, 2.24) is 24.8 Å². The maximum absolute atomic E-state index is 11.9. The highest BCUT2D eigenvalue weighted by molar-refractivity contribution is 7.99. The van der Waals surface area contributed by atoms with Crippen molar-refractivity contribution in [3.63, 3.8) is 0 Å². The van der Waals surface area contributed by atoms with Gasteiger partial charge < -0.3 is 19.5 Å². The van der Waals surface area contributed by atoms with Crippen molar-refractivity contribution in [1.29, 1.82) is 0 Å². The van der Waals surface area contributed by atoms with E-state index in [0.717, 1.165) is 15.1 Å². The summed E-state index contributed by atoms with van der Waals surface area (Å²) < 4.78 is 17.7. The lowest BCUT2D eigenvalue weighted by molar-refractivity contribution is 0.134. The van der Waals surface area contributed by atoms with Crippen LogP contribution in [0.4, 0.5) is 15.7 Å². The van der Waals surface area contributed by atoms with Crippen LogP contribution in [0.25, 0.3) is 15.9 Å². The topological polar surface area (TPSA) is 125 Å². The van der Waals surface area contributed by atoms with Gasteiger partial charge in [-0.2, -0.15) is 4.52 Å². The third kappa shape index (κ3) is 6.07. The lowest BCUT2D eigenvalue weighted by Crippen LogP contribution is -2.14. The van der Waals surface area contributed by atoms with Gasteiger partial charge in [0.1, 0.15) is 5.82 Å². The van der Waals surface area contributed by atoms with E-state index in [1.807, 2.05) is 30.3 Å². The molecule has 0 fully saturated rings. The van der Waals surface area contributed by atoms with E-state index in [9.17, 15) is 4.79 Å². The number of nitrogens with zero attached hydrogens (tertiary/aromatic N) is 5. The minimum Gasteiger partial charge on any atom is -0.449 e. The highest BCUT2D eigenvalue weighted by atomic mass is 32.2. The zero-order valence-electron chi connectivity index (χ0n) is 18.1. The number of carbonyl (C=O) groups excluding carboxylic acids is 1. The van der Waals surface area contributed by atoms with Crippen molar-refractivity contribution >= 4 is 56.0 Å². The fourth-order valence-corrected chi connectivity index (χ4v) is 4.62. The second kappa shape index (κ2) is 11.2. The van der Waals surface area contributed by atoms with E-state index in [1.54, 1.807) is 18.7 Å². The molecule has 3 heterocycles. The van der Waals surface area contributed by atoms with Crippen LogP contribution in [0.15, 0.2) is 40.4 Å². The van der Waals surface area contributed by atoms with Crippen LogP contribution in [-0.2, 0) is 14.2 Å². The Morgan fingerprint density at radius 1 is 1.12 bits per heavy atom. The molecule has 1 amide bonds. The number of fused-ring (bicyclic) bond motifs is 2. The van der Waals surface area contributed by atoms with Gasteiger partial charge in [0.05, 0.1) is 23.4 Å². The fraction of sp³-hybridized carbons (Fsp3) is 0.350. The highest BCUT2D eigenvalue weighted by Gasteiger charge is 2.13. The number of methoxy groups -OCH3 is 2. The van der Waals surface area contributed by atoms with Gasteiger partial charge in [0.25, 0.3) is 0 Å². The lowest BCUT2D eigenvalue weighted by atomic mass is 10.3. The van der Waals surface area contributed by atoms with E-state index in [4.69, 9.17) is 14.2 Å². The van der Waals surface area contributed by atoms with Gasteiger partial charge in [0.2, 0.25) is 5.16 Å². The number of thiazole rings is 1. The summed E-state index contributed by atoms with van der Waals surface area (Å²) in [5.41, 5.74) is 1.44. The average Bonchev–Trinajstić information content (AvgIpc) is 3.40. The SMILES string of the molecule is COCCCOC(=O)Nc1nc2ccc(Sc3nnc4ccc(NCCOC)nn34)cc2s1. The third-order valence-electron chi connectivity index (χ3n) is 4.35. The highest BCUT2D eigenvalue weighted by Crippen LogP contribution is 2.33. The number of nitrogens with one attached hydrogen (secondary N) is 2. The minimum atomic E-state index is -0.532. The second-order valence-corrected chi connectivity index (χ2v) is 8.82. The summed E-state index contributed by atoms with van der Waals surface area (Å²) in [4.78, 5) is 17.3. The van der Waals surface area contributed by atoms with Crippen molar-refractivity contribution in [2.75, 3.05) is 51.2 Å². The summed E-state index contributed by atoms with van der Waals surface area (Å²) in [5.74, 6) is 0.712. The molecule has 13 heteroatoms. The molecule has 0 aliphatic carbocycles. The van der Waals surface area contributed by atoms with E-state index in [-0.39, 0.29) is 6.61 Å². The number of anilines is 2. The van der Waals surface area contributed by atoms with Crippen LogP contribution in [0.5, 0.6) is 0 Å². The number of hydrogen-bond acceptors (Lipinski definition) is 11. The van der Waals surface area contributed by atoms with Crippen LogP contribution in [0.1, 0.15) is 6.42 Å². The Morgan fingerprint density at radius 3 is 2.85 bits per heavy atom. The molecule has 4 rings (SSSR count). The van der Waals surface area contributed by atoms with Gasteiger partial charge in [0.15, 0.2) is 10.8 Å². The van der Waals surface area contributed by atoms with E-state index >= 15 is 0 Å². The van der Waals surface area contributed by atoms with Gasteiger partial charge in [-0.25, -0.2) is 9.78 Å². The van der Waals surface area contributed by atoms with Crippen LogP contribution in [0.3, 0.4) is 0 Å². The molecule has 0 spiro atoms. The molecule has 3 aromatic heterocycles. The maximum Gasteiger partial charge on any atom is 0.413 e. The van der Waals surface area contributed by atoms with E-state index in [1.165, 1.54) is 23.1 Å². The monoisotopic (exact) mass is 489 g/mol. The molecule has 4 aromatic rings. The van der Waals surface area contributed by atoms with Gasteiger partial charge in [-0.3, -0.25) is 5.32 Å². The molecule has 0 unspecified atom stereocenters. The Bertz CT molecular complexity index is 1230. The summed E-state index contributed by atoms with van der Waals surface area (Å²) in [6, 6.07) is 9.56. The van der Waals surface area contributed by atoms with E-state index in [0.29, 0.717) is 47.9 Å². The Labute approximate surface area is 197 Å². The zero-order valence-corrected chi connectivity index (χ0v) is 19.7. The quantitative estimate of drug-likeness (QED) is 0.302. The van der Waals surface area contributed by atoms with Crippen molar-refractivity contribution < 1.29 is 19.0 Å². The van der Waals surface area contributed by atoms with Crippen molar-refractivity contribution in [2.24, 2.45) is 0 Å². The van der Waals surface area contributed by atoms with Crippen molar-refractivity contribution in [3.8, 4) is 0 Å². The summed E-state index contributed by atoms with van der Waals surface area (Å²) in [6.07, 6.45) is 0.108. The number of ether oxygens (including phenoxy) is 3. The molecule has 174 valence electrons. The third-order valence-corrected chi connectivity index (χ3v) is 6.21. The van der Waals surface area contributed by atoms with Gasteiger partial charge >= 0.3 is 6.09 Å². The Kier molecular flexibility index (Phi) is 7.88.